The number of hydrogen-bond acceptors (Lipinski definition) is 4. The molecular weight excluding hydrogens is 450 g/mol. The van der Waals surface area contributed by atoms with Gasteiger partial charge in [-0.05, 0) is 55.5 Å². The van der Waals surface area contributed by atoms with Gasteiger partial charge in [-0.1, -0.05) is 35.9 Å². The number of carbonyl (C=O) groups excluding carboxylic acids is 1. The molecule has 1 aliphatic rings. The summed E-state index contributed by atoms with van der Waals surface area (Å²) in [5.41, 5.74) is 2.83. The van der Waals surface area contributed by atoms with Crippen LogP contribution in [-0.4, -0.2) is 35.2 Å². The minimum atomic E-state index is -0.00761. The summed E-state index contributed by atoms with van der Waals surface area (Å²) in [5, 5.41) is 0.589. The first-order valence-corrected chi connectivity index (χ1v) is 11.9. The average molecular weight is 476 g/mol. The normalized spacial score (nSPS) is 15.8. The molecular formula is C27H26ClN3O3. The Kier molecular flexibility index (Phi) is 6.41. The van der Waals surface area contributed by atoms with E-state index in [2.05, 4.69) is 10.6 Å². The van der Waals surface area contributed by atoms with E-state index in [1.807, 2.05) is 78.6 Å². The van der Waals surface area contributed by atoms with Crippen LogP contribution in [-0.2, 0) is 11.3 Å². The third kappa shape index (κ3) is 4.46. The SMILES string of the molecule is CCOc1ccc(N2C[C@H](c3nc4ccccc4n3CCOc3ccccc3Cl)CC2=O)cc1. The zero-order chi connectivity index (χ0) is 23.5. The number of halogens is 1. The minimum Gasteiger partial charge on any atom is -0.494 e. The Morgan fingerprint density at radius 2 is 1.76 bits per heavy atom. The van der Waals surface area contributed by atoms with E-state index in [1.54, 1.807) is 0 Å². The Bertz CT molecular complexity index is 1300. The Morgan fingerprint density at radius 3 is 2.56 bits per heavy atom. The number of para-hydroxylation sites is 3. The van der Waals surface area contributed by atoms with Crippen molar-refractivity contribution in [1.82, 2.24) is 9.55 Å². The lowest BCUT2D eigenvalue weighted by atomic mass is 10.1. The summed E-state index contributed by atoms with van der Waals surface area (Å²) in [6, 6.07) is 23.2. The smallest absolute Gasteiger partial charge is 0.227 e. The number of nitrogens with zero attached hydrogens (tertiary/aromatic N) is 3. The van der Waals surface area contributed by atoms with Crippen LogP contribution in [0.1, 0.15) is 25.1 Å². The van der Waals surface area contributed by atoms with Crippen LogP contribution >= 0.6 is 11.6 Å². The van der Waals surface area contributed by atoms with Crippen LogP contribution in [0.15, 0.2) is 72.8 Å². The van der Waals surface area contributed by atoms with Crippen molar-refractivity contribution in [2.45, 2.75) is 25.8 Å². The van der Waals surface area contributed by atoms with E-state index in [-0.39, 0.29) is 11.8 Å². The molecule has 0 saturated carbocycles. The Hall–Kier alpha value is -3.51. The molecule has 4 aromatic rings. The van der Waals surface area contributed by atoms with Crippen LogP contribution in [0.5, 0.6) is 11.5 Å². The van der Waals surface area contributed by atoms with Gasteiger partial charge in [0.2, 0.25) is 5.91 Å². The molecule has 7 heteroatoms. The van der Waals surface area contributed by atoms with Gasteiger partial charge in [0.1, 0.15) is 23.9 Å². The van der Waals surface area contributed by atoms with Crippen molar-refractivity contribution in [3.8, 4) is 11.5 Å². The lowest BCUT2D eigenvalue weighted by molar-refractivity contribution is -0.117. The van der Waals surface area contributed by atoms with Gasteiger partial charge in [-0.3, -0.25) is 4.79 Å². The summed E-state index contributed by atoms with van der Waals surface area (Å²) in [4.78, 5) is 19.7. The van der Waals surface area contributed by atoms with Crippen LogP contribution in [0.4, 0.5) is 5.69 Å². The fraction of sp³-hybridized carbons (Fsp3) is 0.259. The standard InChI is InChI=1S/C27H26ClN3O3/c1-2-33-21-13-11-20(12-14-21)31-18-19(17-26(31)32)27-29-23-8-4-5-9-24(23)30(27)15-16-34-25-10-6-3-7-22(25)28/h3-14,19H,2,15-18H2,1H3/t19-/m1/s1. The molecule has 0 bridgehead atoms. The maximum absolute atomic E-state index is 13.0. The van der Waals surface area contributed by atoms with E-state index in [4.69, 9.17) is 26.1 Å². The molecule has 0 N–H and O–H groups in total. The van der Waals surface area contributed by atoms with E-state index >= 15 is 0 Å². The van der Waals surface area contributed by atoms with Crippen LogP contribution < -0.4 is 14.4 Å². The topological polar surface area (TPSA) is 56.6 Å². The fourth-order valence-corrected chi connectivity index (χ4v) is 4.66. The van der Waals surface area contributed by atoms with E-state index in [0.717, 1.165) is 28.3 Å². The third-order valence-electron chi connectivity index (χ3n) is 6.04. The van der Waals surface area contributed by atoms with Crippen molar-refractivity contribution in [3.05, 3.63) is 83.6 Å². The van der Waals surface area contributed by atoms with Crippen molar-refractivity contribution >= 4 is 34.2 Å². The zero-order valence-corrected chi connectivity index (χ0v) is 19.7. The minimum absolute atomic E-state index is 0.00761. The van der Waals surface area contributed by atoms with E-state index in [0.29, 0.717) is 43.5 Å². The summed E-state index contributed by atoms with van der Waals surface area (Å²) in [5.74, 6) is 2.46. The number of ether oxygens (including phenoxy) is 2. The number of fused-ring (bicyclic) bond motifs is 1. The summed E-state index contributed by atoms with van der Waals surface area (Å²) in [6.07, 6.45) is 0.419. The van der Waals surface area contributed by atoms with Crippen molar-refractivity contribution < 1.29 is 14.3 Å². The van der Waals surface area contributed by atoms with Gasteiger partial charge in [-0.25, -0.2) is 4.98 Å². The van der Waals surface area contributed by atoms with Gasteiger partial charge >= 0.3 is 0 Å². The predicted molar refractivity (Wildman–Crippen MR) is 134 cm³/mol. The van der Waals surface area contributed by atoms with Gasteiger partial charge in [0.25, 0.3) is 0 Å². The Morgan fingerprint density at radius 1 is 1.00 bits per heavy atom. The number of benzene rings is 3. The van der Waals surface area contributed by atoms with Crippen molar-refractivity contribution in [1.29, 1.82) is 0 Å². The first-order valence-electron chi connectivity index (χ1n) is 11.5. The van der Waals surface area contributed by atoms with Gasteiger partial charge in [0.15, 0.2) is 0 Å². The maximum atomic E-state index is 13.0. The Balaban J connectivity index is 1.37. The fourth-order valence-electron chi connectivity index (χ4n) is 4.47. The molecule has 1 amide bonds. The molecule has 174 valence electrons. The molecule has 5 rings (SSSR count). The van der Waals surface area contributed by atoms with Crippen LogP contribution in [0.2, 0.25) is 5.02 Å². The lowest BCUT2D eigenvalue weighted by Gasteiger charge is -2.18. The van der Waals surface area contributed by atoms with E-state index < -0.39 is 0 Å². The number of imidazole rings is 1. The van der Waals surface area contributed by atoms with Gasteiger partial charge in [0.05, 0.1) is 29.2 Å². The molecule has 0 spiro atoms. The second kappa shape index (κ2) is 9.77. The average Bonchev–Trinajstić information content (AvgIpc) is 3.42. The second-order valence-corrected chi connectivity index (χ2v) is 8.63. The predicted octanol–water partition coefficient (Wildman–Crippen LogP) is 5.69. The van der Waals surface area contributed by atoms with Crippen molar-refractivity contribution in [3.63, 3.8) is 0 Å². The highest BCUT2D eigenvalue weighted by Crippen LogP contribution is 2.34. The van der Waals surface area contributed by atoms with Crippen LogP contribution in [0, 0.1) is 0 Å². The first-order chi connectivity index (χ1) is 16.6. The Labute approximate surface area is 203 Å². The van der Waals surface area contributed by atoms with Crippen molar-refractivity contribution in [2.75, 3.05) is 24.7 Å². The highest BCUT2D eigenvalue weighted by Gasteiger charge is 2.34. The quantitative estimate of drug-likeness (QED) is 0.328. The van der Waals surface area contributed by atoms with E-state index in [9.17, 15) is 4.79 Å². The molecule has 34 heavy (non-hydrogen) atoms. The van der Waals surface area contributed by atoms with Gasteiger partial charge in [-0.2, -0.15) is 0 Å². The molecule has 3 aromatic carbocycles. The summed E-state index contributed by atoms with van der Waals surface area (Å²) < 4.78 is 13.7. The molecule has 0 radical (unpaired) electrons. The van der Waals surface area contributed by atoms with Crippen molar-refractivity contribution in [2.24, 2.45) is 0 Å². The van der Waals surface area contributed by atoms with E-state index in [1.165, 1.54) is 0 Å². The molecule has 0 aliphatic carbocycles. The number of anilines is 1. The number of aromatic nitrogens is 2. The highest BCUT2D eigenvalue weighted by atomic mass is 35.5. The highest BCUT2D eigenvalue weighted by molar-refractivity contribution is 6.32. The largest absolute Gasteiger partial charge is 0.494 e. The number of amides is 1. The van der Waals surface area contributed by atoms with Gasteiger partial charge < -0.3 is 18.9 Å². The lowest BCUT2D eigenvalue weighted by Crippen LogP contribution is -2.24. The second-order valence-electron chi connectivity index (χ2n) is 8.22. The summed E-state index contributed by atoms with van der Waals surface area (Å²) in [7, 11) is 0. The van der Waals surface area contributed by atoms with Crippen LogP contribution in [0.3, 0.4) is 0 Å². The first kappa shape index (κ1) is 22.3. The summed E-state index contributed by atoms with van der Waals surface area (Å²) >= 11 is 6.24. The summed E-state index contributed by atoms with van der Waals surface area (Å²) in [6.45, 7) is 4.20. The monoisotopic (exact) mass is 475 g/mol. The molecule has 1 fully saturated rings. The molecule has 2 heterocycles. The third-order valence-corrected chi connectivity index (χ3v) is 6.36. The molecule has 1 atom stereocenters. The molecule has 1 aromatic heterocycles. The van der Waals surface area contributed by atoms with Gasteiger partial charge in [-0.15, -0.1) is 0 Å². The maximum Gasteiger partial charge on any atom is 0.227 e. The molecule has 6 nitrogen and oxygen atoms in total. The molecule has 1 aliphatic heterocycles. The number of carbonyl (C=O) groups is 1. The van der Waals surface area contributed by atoms with Crippen LogP contribution in [0.25, 0.3) is 11.0 Å². The number of hydrogen-bond donors (Lipinski definition) is 0. The zero-order valence-electron chi connectivity index (χ0n) is 19.0. The van der Waals surface area contributed by atoms with Gasteiger partial charge in [0, 0.05) is 24.6 Å². The molecule has 1 saturated heterocycles. The molecule has 0 unspecified atom stereocenters. The number of rotatable bonds is 8.